The summed E-state index contributed by atoms with van der Waals surface area (Å²) in [5, 5.41) is 3.17. The minimum atomic E-state index is 0. The number of aryl methyl sites for hydroxylation is 2. The molecule has 1 aliphatic heterocycles. The highest BCUT2D eigenvalue weighted by Crippen LogP contribution is 2.28. The number of halogens is 1. The van der Waals surface area contributed by atoms with Crippen LogP contribution >= 0.6 is 35.3 Å². The van der Waals surface area contributed by atoms with Crippen molar-refractivity contribution in [3.8, 4) is 0 Å². The van der Waals surface area contributed by atoms with Gasteiger partial charge in [0.2, 0.25) is 0 Å². The topological polar surface area (TPSA) is 62.9 Å². The molecule has 1 fully saturated rings. The Balaban J connectivity index is 0.00000243. The van der Waals surface area contributed by atoms with Gasteiger partial charge in [-0.2, -0.15) is 0 Å². The summed E-state index contributed by atoms with van der Waals surface area (Å²) in [7, 11) is 0. The Labute approximate surface area is 176 Å². The molecule has 1 atom stereocenters. The summed E-state index contributed by atoms with van der Waals surface area (Å²) in [6, 6.07) is 12.8. The van der Waals surface area contributed by atoms with Crippen molar-refractivity contribution in [2.45, 2.75) is 19.9 Å². The van der Waals surface area contributed by atoms with Crippen molar-refractivity contribution in [2.75, 3.05) is 38.2 Å². The van der Waals surface area contributed by atoms with Crippen molar-refractivity contribution >= 4 is 47.0 Å². The van der Waals surface area contributed by atoms with Gasteiger partial charge in [-0.1, -0.05) is 17.7 Å². The van der Waals surface area contributed by atoms with Gasteiger partial charge in [-0.3, -0.25) is 9.89 Å². The lowest BCUT2D eigenvalue weighted by atomic mass is 10.2. The first-order valence-corrected chi connectivity index (χ1v) is 9.45. The summed E-state index contributed by atoms with van der Waals surface area (Å²) in [5.41, 5.74) is 8.29. The van der Waals surface area contributed by atoms with Crippen LogP contribution in [0.25, 0.3) is 0 Å². The second-order valence-electron chi connectivity index (χ2n) is 6.33. The fraction of sp³-hybridized carbons (Fsp3) is 0.421. The molecule has 3 rings (SSSR count). The third-order valence-corrected chi connectivity index (χ3v) is 5.44. The first-order chi connectivity index (χ1) is 12.1. The first kappa shape index (κ1) is 21.1. The van der Waals surface area contributed by atoms with Gasteiger partial charge in [-0.05, 0) is 38.1 Å². The number of nitrogens with zero attached hydrogens (tertiary/aromatic N) is 2. The minimum Gasteiger partial charge on any atom is -0.379 e. The third kappa shape index (κ3) is 5.94. The van der Waals surface area contributed by atoms with Gasteiger partial charge < -0.3 is 15.8 Å². The second kappa shape index (κ2) is 10.2. The maximum Gasteiger partial charge on any atom is 0.193 e. The van der Waals surface area contributed by atoms with Crippen molar-refractivity contribution in [1.29, 1.82) is 0 Å². The van der Waals surface area contributed by atoms with Gasteiger partial charge in [0.25, 0.3) is 0 Å². The van der Waals surface area contributed by atoms with Crippen molar-refractivity contribution < 1.29 is 4.74 Å². The number of hydrogen-bond acceptors (Lipinski definition) is 4. The van der Waals surface area contributed by atoms with Crippen molar-refractivity contribution in [3.05, 3.63) is 51.7 Å². The molecule has 3 N–H and O–H groups in total. The molecule has 5 nitrogen and oxygen atoms in total. The number of guanidine groups is 1. The Morgan fingerprint density at radius 2 is 1.88 bits per heavy atom. The number of hydrogen-bond donors (Lipinski definition) is 2. The monoisotopic (exact) mass is 486 g/mol. The van der Waals surface area contributed by atoms with Gasteiger partial charge in [0.15, 0.2) is 5.96 Å². The average molecular weight is 486 g/mol. The highest BCUT2D eigenvalue weighted by Gasteiger charge is 2.23. The van der Waals surface area contributed by atoms with E-state index in [0.29, 0.717) is 12.5 Å². The maximum absolute atomic E-state index is 6.10. The molecule has 1 saturated heterocycles. The minimum absolute atomic E-state index is 0. The lowest BCUT2D eigenvalue weighted by Gasteiger charge is -2.33. The lowest BCUT2D eigenvalue weighted by Crippen LogP contribution is -2.40. The van der Waals surface area contributed by atoms with E-state index in [4.69, 9.17) is 10.5 Å². The molecule has 1 unspecified atom stereocenters. The molecule has 7 heteroatoms. The van der Waals surface area contributed by atoms with Crippen LogP contribution in [0.2, 0.25) is 0 Å². The third-order valence-electron chi connectivity index (χ3n) is 4.33. The standard InChI is InChI=1S/C19H26N4OS.HI/c1-14-3-6-16(7-4-14)22-19(20)21-13-17(18-8-5-15(2)25-18)23-9-11-24-12-10-23;/h3-8,17H,9-13H2,1-2H3,(H3,20,21,22);1H. The maximum atomic E-state index is 6.10. The molecule has 0 bridgehead atoms. The summed E-state index contributed by atoms with van der Waals surface area (Å²) in [6.45, 7) is 8.27. The summed E-state index contributed by atoms with van der Waals surface area (Å²) in [4.78, 5) is 9.71. The predicted molar refractivity (Wildman–Crippen MR) is 121 cm³/mol. The Kier molecular flexibility index (Phi) is 8.33. The molecule has 26 heavy (non-hydrogen) atoms. The number of aliphatic imine (C=N–C) groups is 1. The largest absolute Gasteiger partial charge is 0.379 e. The number of nitrogens with two attached hydrogens (primary N) is 1. The SMILES string of the molecule is Cc1ccc(NC(N)=NCC(c2ccc(C)s2)N2CCOCC2)cc1.I. The molecule has 1 aromatic carbocycles. The van der Waals surface area contributed by atoms with E-state index in [1.165, 1.54) is 15.3 Å². The smallest absolute Gasteiger partial charge is 0.193 e. The molecule has 1 aromatic heterocycles. The van der Waals surface area contributed by atoms with E-state index in [1.807, 2.05) is 23.5 Å². The van der Waals surface area contributed by atoms with Crippen LogP contribution in [0.5, 0.6) is 0 Å². The average Bonchev–Trinajstić information content (AvgIpc) is 3.04. The molecule has 0 radical (unpaired) electrons. The van der Waals surface area contributed by atoms with E-state index in [2.05, 4.69) is 53.3 Å². The van der Waals surface area contributed by atoms with Crippen LogP contribution in [0.3, 0.4) is 0 Å². The first-order valence-electron chi connectivity index (χ1n) is 8.63. The van der Waals surface area contributed by atoms with Crippen molar-refractivity contribution in [3.63, 3.8) is 0 Å². The Morgan fingerprint density at radius 1 is 1.19 bits per heavy atom. The Morgan fingerprint density at radius 3 is 2.50 bits per heavy atom. The molecule has 2 heterocycles. The Hall–Kier alpha value is -1.16. The normalized spacial score (nSPS) is 16.8. The van der Waals surface area contributed by atoms with Crippen LogP contribution in [-0.2, 0) is 4.74 Å². The van der Waals surface area contributed by atoms with Gasteiger partial charge in [-0.15, -0.1) is 35.3 Å². The summed E-state index contributed by atoms with van der Waals surface area (Å²) < 4.78 is 5.49. The molecule has 2 aromatic rings. The fourth-order valence-corrected chi connectivity index (χ4v) is 3.92. The zero-order chi connectivity index (χ0) is 17.6. The van der Waals surface area contributed by atoms with Crippen LogP contribution in [0, 0.1) is 13.8 Å². The molecular formula is C19H27IN4OS. The molecule has 0 spiro atoms. The van der Waals surface area contributed by atoms with Gasteiger partial charge in [0.05, 0.1) is 25.8 Å². The van der Waals surface area contributed by atoms with Crippen LogP contribution < -0.4 is 11.1 Å². The molecule has 142 valence electrons. The predicted octanol–water partition coefficient (Wildman–Crippen LogP) is 3.78. The van der Waals surface area contributed by atoms with Gasteiger partial charge in [-0.25, -0.2) is 0 Å². The molecular weight excluding hydrogens is 459 g/mol. The highest BCUT2D eigenvalue weighted by atomic mass is 127. The zero-order valence-corrected chi connectivity index (χ0v) is 18.4. The summed E-state index contributed by atoms with van der Waals surface area (Å²) in [6.07, 6.45) is 0. The summed E-state index contributed by atoms with van der Waals surface area (Å²) >= 11 is 1.83. The second-order valence-corrected chi connectivity index (χ2v) is 7.65. The Bertz CT molecular complexity index is 711. The fourth-order valence-electron chi connectivity index (χ4n) is 2.92. The van der Waals surface area contributed by atoms with Crippen LogP contribution in [0.15, 0.2) is 41.4 Å². The van der Waals surface area contributed by atoms with Crippen molar-refractivity contribution in [2.24, 2.45) is 10.7 Å². The molecule has 1 aliphatic rings. The van der Waals surface area contributed by atoms with E-state index in [0.717, 1.165) is 32.0 Å². The van der Waals surface area contributed by atoms with Crippen molar-refractivity contribution in [1.82, 2.24) is 4.90 Å². The van der Waals surface area contributed by atoms with E-state index in [9.17, 15) is 0 Å². The van der Waals surface area contributed by atoms with Gasteiger partial charge >= 0.3 is 0 Å². The number of thiophene rings is 1. The molecule has 0 saturated carbocycles. The molecule has 0 aliphatic carbocycles. The lowest BCUT2D eigenvalue weighted by molar-refractivity contribution is 0.0187. The summed E-state index contributed by atoms with van der Waals surface area (Å²) in [5.74, 6) is 0.454. The van der Waals surface area contributed by atoms with Gasteiger partial charge in [0, 0.05) is 28.5 Å². The number of morpholine rings is 1. The highest BCUT2D eigenvalue weighted by molar-refractivity contribution is 14.0. The number of anilines is 1. The zero-order valence-electron chi connectivity index (χ0n) is 15.3. The molecule has 0 amide bonds. The number of rotatable bonds is 5. The van der Waals surface area contributed by atoms with Gasteiger partial charge in [0.1, 0.15) is 0 Å². The van der Waals surface area contributed by atoms with Crippen LogP contribution in [0.4, 0.5) is 5.69 Å². The van der Waals surface area contributed by atoms with E-state index >= 15 is 0 Å². The van der Waals surface area contributed by atoms with E-state index < -0.39 is 0 Å². The van der Waals surface area contributed by atoms with Crippen LogP contribution in [-0.4, -0.2) is 43.7 Å². The number of ether oxygens (including phenoxy) is 1. The van der Waals surface area contributed by atoms with E-state index in [-0.39, 0.29) is 30.0 Å². The number of nitrogens with one attached hydrogen (secondary N) is 1. The van der Waals surface area contributed by atoms with Crippen LogP contribution in [0.1, 0.15) is 21.4 Å². The number of benzene rings is 1. The quantitative estimate of drug-likeness (QED) is 0.384. The van der Waals surface area contributed by atoms with E-state index in [1.54, 1.807) is 0 Å².